The topological polar surface area (TPSA) is 64.4 Å². The SMILES string of the molecule is O=C(NCc1ccncc1)c1ccc(COc2cccc3ccccc23)o1. The lowest BCUT2D eigenvalue weighted by Crippen LogP contribution is -2.22. The Morgan fingerprint density at radius 2 is 1.78 bits per heavy atom. The number of aromatic nitrogens is 1. The molecule has 0 aliphatic carbocycles. The Morgan fingerprint density at radius 1 is 0.963 bits per heavy atom. The summed E-state index contributed by atoms with van der Waals surface area (Å²) >= 11 is 0. The molecule has 0 unspecified atom stereocenters. The molecule has 134 valence electrons. The van der Waals surface area contributed by atoms with Crippen molar-refractivity contribution in [3.05, 3.63) is 96.2 Å². The van der Waals surface area contributed by atoms with E-state index in [9.17, 15) is 4.79 Å². The van der Waals surface area contributed by atoms with Crippen molar-refractivity contribution in [3.63, 3.8) is 0 Å². The highest BCUT2D eigenvalue weighted by molar-refractivity contribution is 5.91. The Kier molecular flexibility index (Phi) is 4.83. The number of nitrogens with one attached hydrogen (secondary N) is 1. The lowest BCUT2D eigenvalue weighted by atomic mass is 10.1. The molecule has 2 aromatic carbocycles. The van der Waals surface area contributed by atoms with Crippen molar-refractivity contribution in [1.82, 2.24) is 10.3 Å². The highest BCUT2D eigenvalue weighted by atomic mass is 16.5. The molecule has 0 saturated heterocycles. The average molecular weight is 358 g/mol. The van der Waals surface area contributed by atoms with E-state index in [2.05, 4.69) is 10.3 Å². The van der Waals surface area contributed by atoms with Crippen LogP contribution in [0.5, 0.6) is 5.75 Å². The maximum atomic E-state index is 12.2. The van der Waals surface area contributed by atoms with E-state index in [1.807, 2.05) is 54.6 Å². The molecule has 2 heterocycles. The molecule has 2 aromatic heterocycles. The molecule has 0 spiro atoms. The number of hydrogen-bond donors (Lipinski definition) is 1. The second kappa shape index (κ2) is 7.74. The molecule has 5 nitrogen and oxygen atoms in total. The summed E-state index contributed by atoms with van der Waals surface area (Å²) in [7, 11) is 0. The Balaban J connectivity index is 1.38. The Hall–Kier alpha value is -3.60. The third-order valence-corrected chi connectivity index (χ3v) is 4.21. The molecule has 4 aromatic rings. The molecule has 1 N–H and O–H groups in total. The van der Waals surface area contributed by atoms with Gasteiger partial charge >= 0.3 is 0 Å². The molecule has 0 atom stereocenters. The Morgan fingerprint density at radius 3 is 2.67 bits per heavy atom. The number of hydrogen-bond acceptors (Lipinski definition) is 4. The zero-order chi connectivity index (χ0) is 18.5. The molecule has 27 heavy (non-hydrogen) atoms. The van der Waals surface area contributed by atoms with Crippen molar-refractivity contribution in [3.8, 4) is 5.75 Å². The maximum absolute atomic E-state index is 12.2. The molecule has 1 amide bonds. The predicted molar refractivity (Wildman–Crippen MR) is 102 cm³/mol. The van der Waals surface area contributed by atoms with Crippen molar-refractivity contribution >= 4 is 16.7 Å². The number of fused-ring (bicyclic) bond motifs is 1. The van der Waals surface area contributed by atoms with Gasteiger partial charge < -0.3 is 14.5 Å². The van der Waals surface area contributed by atoms with Gasteiger partial charge in [0.15, 0.2) is 5.76 Å². The Bertz CT molecular complexity index is 1050. The summed E-state index contributed by atoms with van der Waals surface area (Å²) in [5.41, 5.74) is 0.976. The number of carbonyl (C=O) groups is 1. The van der Waals surface area contributed by atoms with E-state index >= 15 is 0 Å². The molecule has 0 fully saturated rings. The van der Waals surface area contributed by atoms with Gasteiger partial charge in [0.1, 0.15) is 18.1 Å². The number of carbonyl (C=O) groups excluding carboxylic acids is 1. The van der Waals surface area contributed by atoms with Crippen molar-refractivity contribution in [1.29, 1.82) is 0 Å². The first kappa shape index (κ1) is 16.8. The van der Waals surface area contributed by atoms with Crippen LogP contribution < -0.4 is 10.1 Å². The van der Waals surface area contributed by atoms with Gasteiger partial charge in [0.2, 0.25) is 0 Å². The molecule has 0 bridgehead atoms. The second-order valence-corrected chi connectivity index (χ2v) is 6.07. The molecule has 0 aliphatic rings. The molecule has 0 radical (unpaired) electrons. The van der Waals surface area contributed by atoms with Gasteiger partial charge in [-0.3, -0.25) is 9.78 Å². The van der Waals surface area contributed by atoms with Gasteiger partial charge in [-0.05, 0) is 41.3 Å². The zero-order valence-corrected chi connectivity index (χ0v) is 14.6. The van der Waals surface area contributed by atoms with Gasteiger partial charge in [-0.15, -0.1) is 0 Å². The van der Waals surface area contributed by atoms with Crippen molar-refractivity contribution in [2.45, 2.75) is 13.2 Å². The normalized spacial score (nSPS) is 10.7. The maximum Gasteiger partial charge on any atom is 0.287 e. The second-order valence-electron chi connectivity index (χ2n) is 6.07. The van der Waals surface area contributed by atoms with E-state index in [4.69, 9.17) is 9.15 Å². The first-order valence-electron chi connectivity index (χ1n) is 8.66. The van der Waals surface area contributed by atoms with E-state index in [-0.39, 0.29) is 18.3 Å². The minimum atomic E-state index is -0.261. The van der Waals surface area contributed by atoms with Crippen LogP contribution in [0.1, 0.15) is 21.9 Å². The summed E-state index contributed by atoms with van der Waals surface area (Å²) in [6.45, 7) is 0.676. The van der Waals surface area contributed by atoms with Crippen LogP contribution in [0, 0.1) is 0 Å². The monoisotopic (exact) mass is 358 g/mol. The van der Waals surface area contributed by atoms with Crippen LogP contribution in [-0.2, 0) is 13.2 Å². The third kappa shape index (κ3) is 3.98. The molecule has 5 heteroatoms. The van der Waals surface area contributed by atoms with Crippen LogP contribution in [0.3, 0.4) is 0 Å². The zero-order valence-electron chi connectivity index (χ0n) is 14.6. The fourth-order valence-corrected chi connectivity index (χ4v) is 2.82. The Labute approximate surface area is 156 Å². The molecule has 0 saturated carbocycles. The minimum absolute atomic E-state index is 0.256. The lowest BCUT2D eigenvalue weighted by Gasteiger charge is -2.08. The molecular weight excluding hydrogens is 340 g/mol. The number of furan rings is 1. The fraction of sp³-hybridized carbons (Fsp3) is 0.0909. The highest BCUT2D eigenvalue weighted by Crippen LogP contribution is 2.26. The quantitative estimate of drug-likeness (QED) is 0.557. The number of ether oxygens (including phenoxy) is 1. The van der Waals surface area contributed by atoms with Crippen molar-refractivity contribution < 1.29 is 13.9 Å². The first-order valence-corrected chi connectivity index (χ1v) is 8.66. The summed E-state index contributed by atoms with van der Waals surface area (Å²) < 4.78 is 11.5. The van der Waals surface area contributed by atoms with Crippen LogP contribution in [0.25, 0.3) is 10.8 Å². The van der Waals surface area contributed by atoms with Crippen LogP contribution in [0.15, 0.2) is 83.5 Å². The molecule has 0 aliphatic heterocycles. The fourth-order valence-electron chi connectivity index (χ4n) is 2.82. The van der Waals surface area contributed by atoms with E-state index in [1.165, 1.54) is 0 Å². The summed E-state index contributed by atoms with van der Waals surface area (Å²) in [5.74, 6) is 1.38. The number of pyridine rings is 1. The third-order valence-electron chi connectivity index (χ3n) is 4.21. The van der Waals surface area contributed by atoms with Gasteiger partial charge in [0.25, 0.3) is 5.91 Å². The van der Waals surface area contributed by atoms with Gasteiger partial charge in [-0.1, -0.05) is 36.4 Å². The van der Waals surface area contributed by atoms with Gasteiger partial charge in [0, 0.05) is 24.3 Å². The smallest absolute Gasteiger partial charge is 0.287 e. The van der Waals surface area contributed by atoms with Crippen molar-refractivity contribution in [2.75, 3.05) is 0 Å². The van der Waals surface area contributed by atoms with Gasteiger partial charge in [-0.25, -0.2) is 0 Å². The van der Waals surface area contributed by atoms with Crippen LogP contribution in [0.4, 0.5) is 0 Å². The summed E-state index contributed by atoms with van der Waals surface area (Å²) in [6.07, 6.45) is 3.38. The summed E-state index contributed by atoms with van der Waals surface area (Å²) in [4.78, 5) is 16.2. The van der Waals surface area contributed by atoms with E-state index < -0.39 is 0 Å². The number of nitrogens with zero attached hydrogens (tertiary/aromatic N) is 1. The van der Waals surface area contributed by atoms with Crippen molar-refractivity contribution in [2.24, 2.45) is 0 Å². The number of rotatable bonds is 6. The van der Waals surface area contributed by atoms with Gasteiger partial charge in [0.05, 0.1) is 0 Å². The number of benzene rings is 2. The van der Waals surface area contributed by atoms with Gasteiger partial charge in [-0.2, -0.15) is 0 Å². The van der Waals surface area contributed by atoms with E-state index in [1.54, 1.807) is 24.5 Å². The minimum Gasteiger partial charge on any atom is -0.485 e. The predicted octanol–water partition coefficient (Wildman–Crippen LogP) is 4.34. The number of amides is 1. The van der Waals surface area contributed by atoms with Crippen LogP contribution >= 0.6 is 0 Å². The lowest BCUT2D eigenvalue weighted by molar-refractivity contribution is 0.0919. The summed E-state index contributed by atoms with van der Waals surface area (Å²) in [5, 5.41) is 4.98. The van der Waals surface area contributed by atoms with Crippen LogP contribution in [0.2, 0.25) is 0 Å². The van der Waals surface area contributed by atoms with Crippen LogP contribution in [-0.4, -0.2) is 10.9 Å². The highest BCUT2D eigenvalue weighted by Gasteiger charge is 2.12. The standard InChI is InChI=1S/C22H18N2O3/c25-22(24-14-16-10-12-23-13-11-16)21-9-8-18(27-21)15-26-20-7-3-5-17-4-1-2-6-19(17)20/h1-13H,14-15H2,(H,24,25). The summed E-state index contributed by atoms with van der Waals surface area (Å²) in [6, 6.07) is 21.1. The first-order chi connectivity index (χ1) is 13.3. The largest absolute Gasteiger partial charge is 0.485 e. The average Bonchev–Trinajstić information content (AvgIpc) is 3.20. The van der Waals surface area contributed by atoms with E-state index in [0.717, 1.165) is 22.1 Å². The molecular formula is C22H18N2O3. The van der Waals surface area contributed by atoms with E-state index in [0.29, 0.717) is 12.3 Å². The molecule has 4 rings (SSSR count).